The molecule has 1 aromatic carbocycles. The fourth-order valence-electron chi connectivity index (χ4n) is 4.32. The topological polar surface area (TPSA) is 15.3 Å². The van der Waals surface area contributed by atoms with Crippen molar-refractivity contribution in [3.8, 4) is 0 Å². The van der Waals surface area contributed by atoms with E-state index >= 15 is 0 Å². The van der Waals surface area contributed by atoms with E-state index in [9.17, 15) is 0 Å². The molecule has 114 valence electrons. The van der Waals surface area contributed by atoms with E-state index in [2.05, 4.69) is 28.4 Å². The highest BCUT2D eigenvalue weighted by molar-refractivity contribution is 6.31. The Morgan fingerprint density at radius 1 is 1.19 bits per heavy atom. The van der Waals surface area contributed by atoms with Crippen molar-refractivity contribution in [1.29, 1.82) is 0 Å². The van der Waals surface area contributed by atoms with Crippen LogP contribution in [-0.4, -0.2) is 30.1 Å². The highest BCUT2D eigenvalue weighted by atomic mass is 35.5. The third-order valence-electron chi connectivity index (χ3n) is 5.73. The van der Waals surface area contributed by atoms with E-state index < -0.39 is 0 Å². The molecular formula is C18H25ClN2. The predicted molar refractivity (Wildman–Crippen MR) is 87.9 cm³/mol. The van der Waals surface area contributed by atoms with Crippen LogP contribution in [0.5, 0.6) is 0 Å². The smallest absolute Gasteiger partial charge is 0.0441 e. The molecule has 1 aliphatic carbocycles. The van der Waals surface area contributed by atoms with Crippen molar-refractivity contribution in [2.24, 2.45) is 0 Å². The molecule has 0 unspecified atom stereocenters. The second-order valence-corrected chi connectivity index (χ2v) is 7.54. The van der Waals surface area contributed by atoms with Crippen molar-refractivity contribution in [3.63, 3.8) is 0 Å². The van der Waals surface area contributed by atoms with E-state index in [0.717, 1.165) is 17.5 Å². The number of likely N-dealkylation sites (tertiary alicyclic amines) is 1. The average molecular weight is 305 g/mol. The quantitative estimate of drug-likeness (QED) is 0.910. The number of piperidine rings is 1. The van der Waals surface area contributed by atoms with Crippen molar-refractivity contribution in [2.75, 3.05) is 19.6 Å². The van der Waals surface area contributed by atoms with Gasteiger partial charge in [-0.15, -0.1) is 0 Å². The van der Waals surface area contributed by atoms with Crippen LogP contribution in [0, 0.1) is 0 Å². The summed E-state index contributed by atoms with van der Waals surface area (Å²) in [5, 5.41) is 4.49. The van der Waals surface area contributed by atoms with Crippen LogP contribution in [0.3, 0.4) is 0 Å². The molecule has 3 heteroatoms. The molecule has 2 heterocycles. The fraction of sp³-hybridized carbons (Fsp3) is 0.667. The SMILES string of the molecule is Clc1ccc(CN2CCCC23CCNCC3)cc1C1CC1. The van der Waals surface area contributed by atoms with Gasteiger partial charge in [-0.3, -0.25) is 4.90 Å². The van der Waals surface area contributed by atoms with Gasteiger partial charge in [-0.05, 0) is 81.3 Å². The number of hydrogen-bond donors (Lipinski definition) is 1. The van der Waals surface area contributed by atoms with Crippen molar-refractivity contribution in [3.05, 3.63) is 34.3 Å². The highest BCUT2D eigenvalue weighted by Gasteiger charge is 2.41. The van der Waals surface area contributed by atoms with Gasteiger partial charge in [0.05, 0.1) is 0 Å². The predicted octanol–water partition coefficient (Wildman–Crippen LogP) is 3.94. The van der Waals surface area contributed by atoms with Gasteiger partial charge >= 0.3 is 0 Å². The molecule has 0 radical (unpaired) electrons. The molecule has 4 rings (SSSR count). The Morgan fingerprint density at radius 3 is 2.76 bits per heavy atom. The summed E-state index contributed by atoms with van der Waals surface area (Å²) < 4.78 is 0. The van der Waals surface area contributed by atoms with Gasteiger partial charge in [0.15, 0.2) is 0 Å². The van der Waals surface area contributed by atoms with Crippen molar-refractivity contribution in [2.45, 2.75) is 56.5 Å². The van der Waals surface area contributed by atoms with Crippen LogP contribution < -0.4 is 5.32 Å². The van der Waals surface area contributed by atoms with Gasteiger partial charge in [-0.2, -0.15) is 0 Å². The van der Waals surface area contributed by atoms with E-state index in [1.807, 2.05) is 0 Å². The molecule has 21 heavy (non-hydrogen) atoms. The van der Waals surface area contributed by atoms with Gasteiger partial charge in [0.2, 0.25) is 0 Å². The zero-order valence-electron chi connectivity index (χ0n) is 12.7. The van der Waals surface area contributed by atoms with Gasteiger partial charge in [0.1, 0.15) is 0 Å². The molecule has 0 aromatic heterocycles. The second-order valence-electron chi connectivity index (χ2n) is 7.13. The number of benzene rings is 1. The molecule has 1 saturated carbocycles. The van der Waals surface area contributed by atoms with Crippen LogP contribution in [0.15, 0.2) is 18.2 Å². The second kappa shape index (κ2) is 5.57. The summed E-state index contributed by atoms with van der Waals surface area (Å²) >= 11 is 6.37. The highest BCUT2D eigenvalue weighted by Crippen LogP contribution is 2.44. The monoisotopic (exact) mass is 304 g/mol. The first-order chi connectivity index (χ1) is 10.3. The van der Waals surface area contributed by atoms with E-state index in [4.69, 9.17) is 11.6 Å². The molecule has 1 aromatic rings. The Morgan fingerprint density at radius 2 is 2.00 bits per heavy atom. The first-order valence-electron chi connectivity index (χ1n) is 8.51. The molecule has 2 nitrogen and oxygen atoms in total. The summed E-state index contributed by atoms with van der Waals surface area (Å²) in [5.41, 5.74) is 3.33. The van der Waals surface area contributed by atoms with Crippen LogP contribution >= 0.6 is 11.6 Å². The maximum atomic E-state index is 6.37. The van der Waals surface area contributed by atoms with Crippen LogP contribution in [-0.2, 0) is 6.54 Å². The van der Waals surface area contributed by atoms with Crippen LogP contribution in [0.2, 0.25) is 5.02 Å². The van der Waals surface area contributed by atoms with Crippen molar-refractivity contribution < 1.29 is 0 Å². The summed E-state index contributed by atoms with van der Waals surface area (Å²) in [6.07, 6.45) is 8.03. The van der Waals surface area contributed by atoms with Gasteiger partial charge in [-0.25, -0.2) is 0 Å². The molecular weight excluding hydrogens is 280 g/mol. The molecule has 3 fully saturated rings. The lowest BCUT2D eigenvalue weighted by molar-refractivity contribution is 0.0928. The first kappa shape index (κ1) is 14.0. The number of halogens is 1. The zero-order chi connectivity index (χ0) is 14.3. The van der Waals surface area contributed by atoms with Gasteiger partial charge < -0.3 is 5.32 Å². The lowest BCUT2D eigenvalue weighted by Crippen LogP contribution is -2.50. The maximum absolute atomic E-state index is 6.37. The minimum absolute atomic E-state index is 0.477. The van der Waals surface area contributed by atoms with Crippen LogP contribution in [0.4, 0.5) is 0 Å². The number of nitrogens with one attached hydrogen (secondary N) is 1. The molecule has 3 aliphatic rings. The lowest BCUT2D eigenvalue weighted by atomic mass is 9.85. The Bertz CT molecular complexity index is 518. The Kier molecular flexibility index (Phi) is 3.72. The van der Waals surface area contributed by atoms with Crippen LogP contribution in [0.25, 0.3) is 0 Å². The van der Waals surface area contributed by atoms with E-state index in [-0.39, 0.29) is 0 Å². The minimum atomic E-state index is 0.477. The molecule has 0 amide bonds. The third kappa shape index (κ3) is 2.74. The zero-order valence-corrected chi connectivity index (χ0v) is 13.5. The largest absolute Gasteiger partial charge is 0.317 e. The molecule has 1 N–H and O–H groups in total. The molecule has 0 bridgehead atoms. The lowest BCUT2D eigenvalue weighted by Gasteiger charge is -2.42. The molecule has 2 saturated heterocycles. The van der Waals surface area contributed by atoms with E-state index in [1.165, 1.54) is 69.3 Å². The summed E-state index contributed by atoms with van der Waals surface area (Å²) in [4.78, 5) is 2.76. The Hall–Kier alpha value is -0.570. The number of hydrogen-bond acceptors (Lipinski definition) is 2. The Balaban J connectivity index is 1.53. The standard InChI is InChI=1S/C18H25ClN2/c19-17-5-2-14(12-16(17)15-3-4-15)13-21-11-1-6-18(21)7-9-20-10-8-18/h2,5,12,15,20H,1,3-4,6-11,13H2. The van der Waals surface area contributed by atoms with Crippen molar-refractivity contribution in [1.82, 2.24) is 10.2 Å². The van der Waals surface area contributed by atoms with Crippen molar-refractivity contribution >= 4 is 11.6 Å². The first-order valence-corrected chi connectivity index (χ1v) is 8.89. The minimum Gasteiger partial charge on any atom is -0.317 e. The Labute approximate surface area is 132 Å². The van der Waals surface area contributed by atoms with Gasteiger partial charge in [-0.1, -0.05) is 23.7 Å². The molecule has 2 aliphatic heterocycles. The summed E-state index contributed by atoms with van der Waals surface area (Å²) in [7, 11) is 0. The molecule has 1 spiro atoms. The van der Waals surface area contributed by atoms with Crippen LogP contribution in [0.1, 0.15) is 55.6 Å². The van der Waals surface area contributed by atoms with Gasteiger partial charge in [0, 0.05) is 17.1 Å². The normalized spacial score (nSPS) is 25.6. The average Bonchev–Trinajstić information content (AvgIpc) is 3.28. The fourth-order valence-corrected chi connectivity index (χ4v) is 4.59. The summed E-state index contributed by atoms with van der Waals surface area (Å²) in [6.45, 7) is 4.74. The number of nitrogens with zero attached hydrogens (tertiary/aromatic N) is 1. The maximum Gasteiger partial charge on any atom is 0.0441 e. The van der Waals surface area contributed by atoms with E-state index in [0.29, 0.717) is 5.54 Å². The van der Waals surface area contributed by atoms with Gasteiger partial charge in [0.25, 0.3) is 0 Å². The molecule has 0 atom stereocenters. The summed E-state index contributed by atoms with van der Waals surface area (Å²) in [6, 6.07) is 6.74. The van der Waals surface area contributed by atoms with E-state index in [1.54, 1.807) is 0 Å². The third-order valence-corrected chi connectivity index (χ3v) is 6.07. The number of rotatable bonds is 3. The summed E-state index contributed by atoms with van der Waals surface area (Å²) in [5.74, 6) is 0.740.